The molecule has 2 amide bonds. The molecule has 5 atom stereocenters. The van der Waals surface area contributed by atoms with Crippen LogP contribution in [0.5, 0.6) is 5.75 Å². The molecule has 2 aliphatic carbocycles. The van der Waals surface area contributed by atoms with Crippen LogP contribution in [0.25, 0.3) is 0 Å². The summed E-state index contributed by atoms with van der Waals surface area (Å²) in [5, 5.41) is 0. The summed E-state index contributed by atoms with van der Waals surface area (Å²) < 4.78 is 10.2. The topological polar surface area (TPSA) is 90.0 Å². The van der Waals surface area contributed by atoms with Gasteiger partial charge in [-0.05, 0) is 62.3 Å². The quantitative estimate of drug-likeness (QED) is 0.422. The standard InChI is InChI=1S/C21H23NO6/c1-11(21(26)28-10-16(23)12-5-7-15(27-2)8-6-12)22-19(24)17-13-3-4-14(9-13)18(17)20(22)25/h5-8,11,13-14,17-18H,3-4,9-10H2,1-2H3/t11-,13-,14+,17+,18+/m1/s1. The molecular weight excluding hydrogens is 362 g/mol. The van der Waals surface area contributed by atoms with E-state index in [0.29, 0.717) is 11.3 Å². The van der Waals surface area contributed by atoms with Gasteiger partial charge in [-0.15, -0.1) is 0 Å². The van der Waals surface area contributed by atoms with E-state index in [1.165, 1.54) is 14.0 Å². The smallest absolute Gasteiger partial charge is 0.329 e. The highest BCUT2D eigenvalue weighted by atomic mass is 16.5. The minimum Gasteiger partial charge on any atom is -0.497 e. The van der Waals surface area contributed by atoms with Crippen molar-refractivity contribution in [1.29, 1.82) is 0 Å². The predicted molar refractivity (Wildman–Crippen MR) is 97.4 cm³/mol. The molecule has 0 radical (unpaired) electrons. The van der Waals surface area contributed by atoms with Crippen molar-refractivity contribution in [1.82, 2.24) is 4.90 Å². The Morgan fingerprint density at radius 3 is 2.18 bits per heavy atom. The fourth-order valence-electron chi connectivity index (χ4n) is 5.04. The van der Waals surface area contributed by atoms with E-state index in [2.05, 4.69) is 0 Å². The second-order valence-corrected chi connectivity index (χ2v) is 7.87. The van der Waals surface area contributed by atoms with Crippen molar-refractivity contribution < 1.29 is 28.7 Å². The molecule has 148 valence electrons. The molecule has 28 heavy (non-hydrogen) atoms. The van der Waals surface area contributed by atoms with Crippen LogP contribution < -0.4 is 4.74 Å². The number of amides is 2. The molecule has 1 heterocycles. The number of benzene rings is 1. The zero-order valence-electron chi connectivity index (χ0n) is 15.9. The third-order valence-electron chi connectivity index (χ3n) is 6.45. The van der Waals surface area contributed by atoms with Crippen LogP contribution >= 0.6 is 0 Å². The van der Waals surface area contributed by atoms with Crippen LogP contribution in [-0.2, 0) is 19.1 Å². The molecule has 0 aromatic heterocycles. The van der Waals surface area contributed by atoms with E-state index in [0.717, 1.165) is 24.2 Å². The number of likely N-dealkylation sites (tertiary alicyclic amines) is 1. The fourth-order valence-corrected chi connectivity index (χ4v) is 5.04. The number of imide groups is 1. The molecule has 7 heteroatoms. The largest absolute Gasteiger partial charge is 0.497 e. The van der Waals surface area contributed by atoms with E-state index in [1.807, 2.05) is 0 Å². The molecule has 2 saturated carbocycles. The highest BCUT2D eigenvalue weighted by Gasteiger charge is 2.62. The number of methoxy groups -OCH3 is 1. The Morgan fingerprint density at radius 2 is 1.64 bits per heavy atom. The monoisotopic (exact) mass is 385 g/mol. The number of carbonyl (C=O) groups is 4. The van der Waals surface area contributed by atoms with Gasteiger partial charge in [0.1, 0.15) is 11.8 Å². The SMILES string of the molecule is COc1ccc(C(=O)COC(=O)[C@@H](C)N2C(=O)[C@H]3[C@@H]4CC[C@@H](C4)[C@@H]3C2=O)cc1. The second-order valence-electron chi connectivity index (χ2n) is 7.87. The Morgan fingerprint density at radius 1 is 1.07 bits per heavy atom. The molecular formula is C21H23NO6. The molecule has 1 aromatic carbocycles. The van der Waals surface area contributed by atoms with Crippen molar-refractivity contribution >= 4 is 23.6 Å². The molecule has 1 aromatic rings. The van der Waals surface area contributed by atoms with Crippen molar-refractivity contribution in [3.8, 4) is 5.75 Å². The molecule has 3 aliphatic rings. The Labute approximate surface area is 163 Å². The van der Waals surface area contributed by atoms with Crippen LogP contribution in [0.4, 0.5) is 0 Å². The lowest BCUT2D eigenvalue weighted by Crippen LogP contribution is -2.45. The van der Waals surface area contributed by atoms with Crippen molar-refractivity contribution in [2.75, 3.05) is 13.7 Å². The normalized spacial score (nSPS) is 29.0. The summed E-state index contributed by atoms with van der Waals surface area (Å²) >= 11 is 0. The van der Waals surface area contributed by atoms with Gasteiger partial charge in [-0.3, -0.25) is 19.3 Å². The lowest BCUT2D eigenvalue weighted by atomic mass is 9.81. The third kappa shape index (κ3) is 2.89. The van der Waals surface area contributed by atoms with Crippen LogP contribution in [0.3, 0.4) is 0 Å². The highest BCUT2D eigenvalue weighted by molar-refractivity contribution is 6.08. The van der Waals surface area contributed by atoms with E-state index in [9.17, 15) is 19.2 Å². The summed E-state index contributed by atoms with van der Waals surface area (Å²) in [7, 11) is 1.53. The number of nitrogens with zero attached hydrogens (tertiary/aromatic N) is 1. The summed E-state index contributed by atoms with van der Waals surface area (Å²) in [4.78, 5) is 51.2. The molecule has 0 unspecified atom stereocenters. The van der Waals surface area contributed by atoms with Crippen molar-refractivity contribution in [2.24, 2.45) is 23.7 Å². The molecule has 7 nitrogen and oxygen atoms in total. The first kappa shape index (κ1) is 18.7. The number of carbonyl (C=O) groups excluding carboxylic acids is 4. The average Bonchev–Trinajstić information content (AvgIpc) is 3.39. The number of ether oxygens (including phenoxy) is 2. The van der Waals surface area contributed by atoms with Gasteiger partial charge in [-0.2, -0.15) is 0 Å². The summed E-state index contributed by atoms with van der Waals surface area (Å²) in [6, 6.07) is 5.44. The van der Waals surface area contributed by atoms with Crippen LogP contribution in [0.2, 0.25) is 0 Å². The van der Waals surface area contributed by atoms with Gasteiger partial charge in [0, 0.05) is 5.56 Å². The maximum atomic E-state index is 12.8. The second kappa shape index (κ2) is 7.04. The molecule has 4 rings (SSSR count). The fraction of sp³-hybridized carbons (Fsp3) is 0.524. The number of ketones is 1. The van der Waals surface area contributed by atoms with Crippen molar-refractivity contribution in [3.63, 3.8) is 0 Å². The minimum atomic E-state index is -1.02. The van der Waals surface area contributed by atoms with Gasteiger partial charge >= 0.3 is 5.97 Å². The van der Waals surface area contributed by atoms with E-state index in [-0.39, 0.29) is 41.3 Å². The summed E-state index contributed by atoms with van der Waals surface area (Å²) in [6.45, 7) is 1.04. The number of rotatable bonds is 6. The van der Waals surface area contributed by atoms with Crippen molar-refractivity contribution in [2.45, 2.75) is 32.2 Å². The van der Waals surface area contributed by atoms with E-state index < -0.39 is 18.6 Å². The first-order chi connectivity index (χ1) is 13.4. The van der Waals surface area contributed by atoms with Gasteiger partial charge < -0.3 is 9.47 Å². The Bertz CT molecular complexity index is 804. The minimum absolute atomic E-state index is 0.256. The highest BCUT2D eigenvalue weighted by Crippen LogP contribution is 2.56. The summed E-state index contributed by atoms with van der Waals surface area (Å²) in [5.41, 5.74) is 0.390. The molecule has 1 aliphatic heterocycles. The molecule has 2 bridgehead atoms. The number of fused-ring (bicyclic) bond motifs is 5. The van der Waals surface area contributed by atoms with E-state index in [4.69, 9.17) is 9.47 Å². The Balaban J connectivity index is 1.37. The van der Waals surface area contributed by atoms with E-state index >= 15 is 0 Å². The van der Waals surface area contributed by atoms with Crippen molar-refractivity contribution in [3.05, 3.63) is 29.8 Å². The third-order valence-corrected chi connectivity index (χ3v) is 6.45. The number of hydrogen-bond donors (Lipinski definition) is 0. The summed E-state index contributed by atoms with van der Waals surface area (Å²) in [5.74, 6) is -1.03. The van der Waals surface area contributed by atoms with Crippen LogP contribution in [0, 0.1) is 23.7 Å². The molecule has 3 fully saturated rings. The maximum absolute atomic E-state index is 12.8. The average molecular weight is 385 g/mol. The van der Waals surface area contributed by atoms with Gasteiger partial charge in [0.15, 0.2) is 12.4 Å². The zero-order chi connectivity index (χ0) is 20.0. The lowest BCUT2D eigenvalue weighted by Gasteiger charge is -2.22. The first-order valence-electron chi connectivity index (χ1n) is 9.63. The van der Waals surface area contributed by atoms with Gasteiger partial charge in [-0.25, -0.2) is 4.79 Å². The van der Waals surface area contributed by atoms with Gasteiger partial charge in [-0.1, -0.05) is 0 Å². The lowest BCUT2D eigenvalue weighted by molar-refractivity contribution is -0.157. The summed E-state index contributed by atoms with van der Waals surface area (Å²) in [6.07, 6.45) is 2.90. The Hall–Kier alpha value is -2.70. The number of hydrogen-bond acceptors (Lipinski definition) is 6. The first-order valence-corrected chi connectivity index (χ1v) is 9.63. The zero-order valence-corrected chi connectivity index (χ0v) is 15.9. The predicted octanol–water partition coefficient (Wildman–Crippen LogP) is 1.84. The molecule has 0 N–H and O–H groups in total. The van der Waals surface area contributed by atoms with Gasteiger partial charge in [0.25, 0.3) is 0 Å². The van der Waals surface area contributed by atoms with Gasteiger partial charge in [0.05, 0.1) is 18.9 Å². The van der Waals surface area contributed by atoms with Gasteiger partial charge in [0.2, 0.25) is 11.8 Å². The number of esters is 1. The molecule has 0 spiro atoms. The van der Waals surface area contributed by atoms with Crippen LogP contribution in [0.1, 0.15) is 36.5 Å². The maximum Gasteiger partial charge on any atom is 0.329 e. The van der Waals surface area contributed by atoms with E-state index in [1.54, 1.807) is 24.3 Å². The molecule has 1 saturated heterocycles. The van der Waals surface area contributed by atoms with Crippen LogP contribution in [0.15, 0.2) is 24.3 Å². The number of Topliss-reactive ketones (excluding diaryl/α,β-unsaturated/α-hetero) is 1. The van der Waals surface area contributed by atoms with Crippen LogP contribution in [-0.4, -0.2) is 48.2 Å². The Kier molecular flexibility index (Phi) is 4.69.